The van der Waals surface area contributed by atoms with Crippen molar-refractivity contribution in [3.05, 3.63) is 27.0 Å². The summed E-state index contributed by atoms with van der Waals surface area (Å²) in [7, 11) is -1.32. The Morgan fingerprint density at radius 3 is 2.57 bits per heavy atom. The Hall–Kier alpha value is -1.45. The molecule has 1 aromatic rings. The lowest BCUT2D eigenvalue weighted by Gasteiger charge is -2.16. The monoisotopic (exact) mass is 316 g/mol. The van der Waals surface area contributed by atoms with Crippen LogP contribution in [0.15, 0.2) is 20.7 Å². The number of rotatable bonds is 4. The van der Waals surface area contributed by atoms with Gasteiger partial charge in [-0.15, -0.1) is 0 Å². The molecule has 0 aliphatic heterocycles. The van der Waals surface area contributed by atoms with Gasteiger partial charge < -0.3 is 10.3 Å². The molecule has 2 unspecified atom stereocenters. The van der Waals surface area contributed by atoms with Crippen molar-refractivity contribution < 1.29 is 8.42 Å². The van der Waals surface area contributed by atoms with Gasteiger partial charge >= 0.3 is 5.69 Å². The number of aryl methyl sites for hydroxylation is 1. The molecule has 1 heterocycles. The molecule has 21 heavy (non-hydrogen) atoms. The summed E-state index contributed by atoms with van der Waals surface area (Å²) < 4.78 is 28.8. The number of aromatic nitrogens is 2. The van der Waals surface area contributed by atoms with E-state index >= 15 is 0 Å². The van der Waals surface area contributed by atoms with Gasteiger partial charge in [0.2, 0.25) is 10.0 Å². The third-order valence-electron chi connectivity index (χ3n) is 3.96. The molecular weight excluding hydrogens is 296 g/mol. The molecule has 1 aliphatic rings. The number of nitrogens with two attached hydrogens (primary N) is 1. The summed E-state index contributed by atoms with van der Waals surface area (Å²) in [5.41, 5.74) is 4.49. The zero-order chi connectivity index (χ0) is 15.8. The molecule has 8 nitrogen and oxygen atoms in total. The van der Waals surface area contributed by atoms with Crippen molar-refractivity contribution in [2.45, 2.75) is 30.2 Å². The number of hydrogen-bond donors (Lipinski definition) is 2. The van der Waals surface area contributed by atoms with Gasteiger partial charge in [0.1, 0.15) is 0 Å². The van der Waals surface area contributed by atoms with Crippen LogP contribution in [0.1, 0.15) is 19.3 Å². The molecule has 1 saturated carbocycles. The van der Waals surface area contributed by atoms with E-state index in [4.69, 9.17) is 5.73 Å². The minimum absolute atomic E-state index is 0.0179. The molecular formula is C12H20N4O4S. The Bertz CT molecular complexity index is 750. The minimum Gasteiger partial charge on any atom is -0.327 e. The molecule has 2 rings (SSSR count). The first-order valence-electron chi connectivity index (χ1n) is 6.76. The molecule has 1 aromatic heterocycles. The summed E-state index contributed by atoms with van der Waals surface area (Å²) in [6.45, 7) is 0.204. The molecule has 0 spiro atoms. The van der Waals surface area contributed by atoms with Crippen LogP contribution in [0.2, 0.25) is 0 Å². The molecule has 0 aromatic carbocycles. The van der Waals surface area contributed by atoms with E-state index in [-0.39, 0.29) is 18.5 Å². The highest BCUT2D eigenvalue weighted by Gasteiger charge is 2.27. The second-order valence-corrected chi connectivity index (χ2v) is 7.19. The molecule has 1 aliphatic carbocycles. The van der Waals surface area contributed by atoms with Gasteiger partial charge in [-0.2, -0.15) is 0 Å². The lowest BCUT2D eigenvalue weighted by molar-refractivity contribution is 0.468. The molecule has 2 atom stereocenters. The van der Waals surface area contributed by atoms with E-state index in [1.807, 2.05) is 0 Å². The second-order valence-electron chi connectivity index (χ2n) is 5.46. The fraction of sp³-hybridized carbons (Fsp3) is 0.667. The van der Waals surface area contributed by atoms with Crippen molar-refractivity contribution in [2.24, 2.45) is 25.7 Å². The Kier molecular flexibility index (Phi) is 4.35. The van der Waals surface area contributed by atoms with Crippen molar-refractivity contribution in [3.63, 3.8) is 0 Å². The van der Waals surface area contributed by atoms with Gasteiger partial charge in [-0.3, -0.25) is 9.36 Å². The van der Waals surface area contributed by atoms with Crippen LogP contribution in [0.4, 0.5) is 0 Å². The predicted octanol–water partition coefficient (Wildman–Crippen LogP) is -1.51. The summed E-state index contributed by atoms with van der Waals surface area (Å²) in [5.74, 6) is 0.0798. The summed E-state index contributed by atoms with van der Waals surface area (Å²) in [4.78, 5) is 23.1. The average molecular weight is 316 g/mol. The first-order valence-corrected chi connectivity index (χ1v) is 8.24. The maximum Gasteiger partial charge on any atom is 0.330 e. The Morgan fingerprint density at radius 2 is 2.00 bits per heavy atom. The van der Waals surface area contributed by atoms with Crippen LogP contribution in [-0.4, -0.2) is 30.1 Å². The van der Waals surface area contributed by atoms with Crippen molar-refractivity contribution in [3.8, 4) is 0 Å². The van der Waals surface area contributed by atoms with Crippen LogP contribution >= 0.6 is 0 Å². The van der Waals surface area contributed by atoms with E-state index in [0.717, 1.165) is 34.6 Å². The van der Waals surface area contributed by atoms with Crippen molar-refractivity contribution >= 4 is 10.0 Å². The highest BCUT2D eigenvalue weighted by Crippen LogP contribution is 2.23. The van der Waals surface area contributed by atoms with Gasteiger partial charge in [0.25, 0.3) is 5.56 Å². The highest BCUT2D eigenvalue weighted by molar-refractivity contribution is 7.89. The van der Waals surface area contributed by atoms with Gasteiger partial charge in [-0.25, -0.2) is 17.9 Å². The summed E-state index contributed by atoms with van der Waals surface area (Å²) in [6, 6.07) is -0.0179. The minimum atomic E-state index is -3.96. The third-order valence-corrected chi connectivity index (χ3v) is 5.36. The van der Waals surface area contributed by atoms with Crippen LogP contribution in [0, 0.1) is 5.92 Å². The highest BCUT2D eigenvalue weighted by atomic mass is 32.2. The number of nitrogens with one attached hydrogen (secondary N) is 1. The lowest BCUT2D eigenvalue weighted by Crippen LogP contribution is -2.43. The molecule has 0 bridgehead atoms. The van der Waals surface area contributed by atoms with Crippen molar-refractivity contribution in [2.75, 3.05) is 6.54 Å². The zero-order valence-electron chi connectivity index (χ0n) is 12.1. The molecule has 1 fully saturated rings. The van der Waals surface area contributed by atoms with Gasteiger partial charge in [-0.1, -0.05) is 6.42 Å². The first-order chi connectivity index (χ1) is 9.74. The zero-order valence-corrected chi connectivity index (χ0v) is 12.9. The molecule has 0 saturated heterocycles. The first kappa shape index (κ1) is 15.9. The fourth-order valence-electron chi connectivity index (χ4n) is 2.57. The van der Waals surface area contributed by atoms with Crippen LogP contribution < -0.4 is 21.7 Å². The molecule has 0 radical (unpaired) electrons. The number of hydrogen-bond acceptors (Lipinski definition) is 5. The van der Waals surface area contributed by atoms with Crippen molar-refractivity contribution in [1.82, 2.24) is 13.9 Å². The van der Waals surface area contributed by atoms with Gasteiger partial charge in [0.15, 0.2) is 4.90 Å². The Morgan fingerprint density at radius 1 is 1.33 bits per heavy atom. The maximum atomic E-state index is 12.3. The van der Waals surface area contributed by atoms with Gasteiger partial charge in [0, 0.05) is 32.9 Å². The van der Waals surface area contributed by atoms with Crippen molar-refractivity contribution in [1.29, 1.82) is 0 Å². The standard InChI is InChI=1S/C12H20N4O4S/c1-15-7-10(11(17)16(2)12(15)18)21(19,20)14-6-8-4-3-5-9(8)13/h7-9,14H,3-6,13H2,1-2H3. The van der Waals surface area contributed by atoms with E-state index in [9.17, 15) is 18.0 Å². The topological polar surface area (TPSA) is 116 Å². The number of sulfonamides is 1. The summed E-state index contributed by atoms with van der Waals surface area (Å²) in [6.07, 6.45) is 3.78. The van der Waals surface area contributed by atoms with Crippen LogP contribution in [0.3, 0.4) is 0 Å². The normalized spacial score (nSPS) is 22.6. The van der Waals surface area contributed by atoms with Gasteiger partial charge in [0.05, 0.1) is 0 Å². The van der Waals surface area contributed by atoms with Crippen LogP contribution in [0.25, 0.3) is 0 Å². The van der Waals surface area contributed by atoms with E-state index in [1.165, 1.54) is 14.1 Å². The predicted molar refractivity (Wildman–Crippen MR) is 77.4 cm³/mol. The Balaban J connectivity index is 2.28. The molecule has 118 valence electrons. The molecule has 0 amide bonds. The summed E-state index contributed by atoms with van der Waals surface area (Å²) >= 11 is 0. The fourth-order valence-corrected chi connectivity index (χ4v) is 3.83. The van der Waals surface area contributed by atoms with E-state index in [1.54, 1.807) is 0 Å². The van der Waals surface area contributed by atoms with E-state index in [0.29, 0.717) is 0 Å². The Labute approximate surface area is 122 Å². The largest absolute Gasteiger partial charge is 0.330 e. The lowest BCUT2D eigenvalue weighted by atomic mass is 10.1. The quantitative estimate of drug-likeness (QED) is 0.700. The number of nitrogens with zero attached hydrogens (tertiary/aromatic N) is 2. The molecule has 3 N–H and O–H groups in total. The van der Waals surface area contributed by atoms with Gasteiger partial charge in [-0.05, 0) is 18.8 Å². The average Bonchev–Trinajstić information content (AvgIpc) is 2.83. The summed E-state index contributed by atoms with van der Waals surface area (Å²) in [5, 5.41) is 0. The smallest absolute Gasteiger partial charge is 0.327 e. The van der Waals surface area contributed by atoms with E-state index in [2.05, 4.69) is 4.72 Å². The SMILES string of the molecule is Cn1cc(S(=O)(=O)NCC2CCCC2N)c(=O)n(C)c1=O. The van der Waals surface area contributed by atoms with Crippen LogP contribution in [0.5, 0.6) is 0 Å². The van der Waals surface area contributed by atoms with E-state index < -0.39 is 26.2 Å². The van der Waals surface area contributed by atoms with Crippen LogP contribution in [-0.2, 0) is 24.1 Å². The third kappa shape index (κ3) is 3.09. The molecule has 9 heteroatoms. The second kappa shape index (κ2) is 5.74. The maximum absolute atomic E-state index is 12.3.